The summed E-state index contributed by atoms with van der Waals surface area (Å²) in [4.78, 5) is 12.6. The first-order valence-electron chi connectivity index (χ1n) is 7.65. The second-order valence-corrected chi connectivity index (χ2v) is 7.13. The van der Waals surface area contributed by atoms with Crippen LogP contribution >= 0.6 is 15.9 Å². The molecule has 2 saturated carbocycles. The smallest absolute Gasteiger partial charge is 0.168 e. The molecule has 0 aromatic heterocycles. The molecule has 0 aliphatic heterocycles. The molecule has 3 unspecified atom stereocenters. The molecule has 0 spiro atoms. The van der Waals surface area contributed by atoms with Crippen LogP contribution in [0.4, 0.5) is 4.39 Å². The minimum Gasteiger partial charge on any atom is -0.294 e. The van der Waals surface area contributed by atoms with E-state index in [0.29, 0.717) is 10.4 Å². The molecule has 1 nitrogen and oxygen atoms in total. The highest BCUT2D eigenvalue weighted by Crippen LogP contribution is 2.43. The molecular weight excluding hydrogens is 319 g/mol. The maximum atomic E-state index is 14.1. The number of hydrogen-bond donors (Lipinski definition) is 0. The van der Waals surface area contributed by atoms with Crippen molar-refractivity contribution in [3.63, 3.8) is 0 Å². The Morgan fingerprint density at radius 3 is 2.65 bits per heavy atom. The first-order chi connectivity index (χ1) is 9.66. The van der Waals surface area contributed by atoms with Gasteiger partial charge in [-0.2, -0.15) is 0 Å². The van der Waals surface area contributed by atoms with Crippen molar-refractivity contribution in [2.45, 2.75) is 44.9 Å². The first-order valence-corrected chi connectivity index (χ1v) is 8.44. The third-order valence-corrected chi connectivity index (χ3v) is 5.74. The van der Waals surface area contributed by atoms with E-state index in [0.717, 1.165) is 25.2 Å². The van der Waals surface area contributed by atoms with Gasteiger partial charge in [0.2, 0.25) is 0 Å². The highest BCUT2D eigenvalue weighted by Gasteiger charge is 2.35. The summed E-state index contributed by atoms with van der Waals surface area (Å²) in [5.41, 5.74) is 0.263. The van der Waals surface area contributed by atoms with Gasteiger partial charge in [0.15, 0.2) is 5.78 Å². The Morgan fingerprint density at radius 1 is 1.10 bits per heavy atom. The third kappa shape index (κ3) is 2.69. The molecule has 2 aliphatic carbocycles. The summed E-state index contributed by atoms with van der Waals surface area (Å²) in [6, 6.07) is 5.01. The molecule has 2 aliphatic rings. The molecule has 108 valence electrons. The zero-order valence-electron chi connectivity index (χ0n) is 11.6. The van der Waals surface area contributed by atoms with E-state index in [-0.39, 0.29) is 17.3 Å². The monoisotopic (exact) mass is 338 g/mol. The molecule has 0 heterocycles. The van der Waals surface area contributed by atoms with Gasteiger partial charge < -0.3 is 0 Å². The third-order valence-electron chi connectivity index (χ3n) is 5.13. The molecule has 0 N–H and O–H groups in total. The van der Waals surface area contributed by atoms with Gasteiger partial charge in [-0.05, 0) is 59.2 Å². The maximum Gasteiger partial charge on any atom is 0.168 e. The summed E-state index contributed by atoms with van der Waals surface area (Å²) in [7, 11) is 0. The van der Waals surface area contributed by atoms with Gasteiger partial charge in [0, 0.05) is 5.92 Å². The first kappa shape index (κ1) is 14.2. The van der Waals surface area contributed by atoms with Crippen LogP contribution in [0.25, 0.3) is 0 Å². The highest BCUT2D eigenvalue weighted by molar-refractivity contribution is 9.10. The van der Waals surface area contributed by atoms with E-state index in [4.69, 9.17) is 0 Å². The highest BCUT2D eigenvalue weighted by atomic mass is 79.9. The number of carbonyl (C=O) groups is 1. The largest absolute Gasteiger partial charge is 0.294 e. The fourth-order valence-electron chi connectivity index (χ4n) is 4.03. The average molecular weight is 339 g/mol. The van der Waals surface area contributed by atoms with Crippen molar-refractivity contribution in [3.05, 3.63) is 34.1 Å². The lowest BCUT2D eigenvalue weighted by molar-refractivity contribution is 0.0759. The lowest BCUT2D eigenvalue weighted by atomic mass is 9.66. The van der Waals surface area contributed by atoms with Gasteiger partial charge in [0.05, 0.1) is 10.0 Å². The molecule has 0 saturated heterocycles. The van der Waals surface area contributed by atoms with E-state index in [1.807, 2.05) is 0 Å². The van der Waals surface area contributed by atoms with Crippen molar-refractivity contribution < 1.29 is 9.18 Å². The Balaban J connectivity index is 1.76. The molecular formula is C17H20BrFO. The lowest BCUT2D eigenvalue weighted by Gasteiger charge is -2.38. The van der Waals surface area contributed by atoms with Gasteiger partial charge in [-0.15, -0.1) is 0 Å². The number of carbonyl (C=O) groups excluding carboxylic acids is 1. The van der Waals surface area contributed by atoms with Crippen LogP contribution in [0.1, 0.15) is 55.3 Å². The number of halogens is 2. The fraction of sp³-hybridized carbons (Fsp3) is 0.588. The van der Waals surface area contributed by atoms with Crippen LogP contribution in [0.15, 0.2) is 22.7 Å². The van der Waals surface area contributed by atoms with Crippen molar-refractivity contribution in [1.29, 1.82) is 0 Å². The fourth-order valence-corrected chi connectivity index (χ4v) is 4.39. The topological polar surface area (TPSA) is 17.1 Å². The number of hydrogen-bond acceptors (Lipinski definition) is 1. The molecule has 3 heteroatoms. The predicted octanol–water partition coefficient (Wildman–Crippen LogP) is 5.38. The van der Waals surface area contributed by atoms with Crippen LogP contribution in [0.3, 0.4) is 0 Å². The standard InChI is InChI=1S/C17H20BrFO/c18-15-7-3-6-14(16(15)19)17(20)13-9-8-11-4-1-2-5-12(11)10-13/h3,6-7,11-13H,1-2,4-5,8-10H2. The Kier molecular flexibility index (Phi) is 4.25. The van der Waals surface area contributed by atoms with Gasteiger partial charge >= 0.3 is 0 Å². The Labute approximate surface area is 128 Å². The van der Waals surface area contributed by atoms with Gasteiger partial charge in [0.25, 0.3) is 0 Å². The molecule has 1 aromatic rings. The summed E-state index contributed by atoms with van der Waals surface area (Å²) in [6.45, 7) is 0. The zero-order valence-corrected chi connectivity index (χ0v) is 13.2. The lowest BCUT2D eigenvalue weighted by Crippen LogP contribution is -2.31. The van der Waals surface area contributed by atoms with Crippen LogP contribution in [0.2, 0.25) is 0 Å². The van der Waals surface area contributed by atoms with Gasteiger partial charge in [-0.1, -0.05) is 31.7 Å². The maximum absolute atomic E-state index is 14.1. The summed E-state index contributed by atoms with van der Waals surface area (Å²) >= 11 is 3.17. The predicted molar refractivity (Wildman–Crippen MR) is 81.2 cm³/mol. The van der Waals surface area contributed by atoms with E-state index < -0.39 is 5.82 Å². The van der Waals surface area contributed by atoms with Crippen molar-refractivity contribution >= 4 is 21.7 Å². The van der Waals surface area contributed by atoms with E-state index in [1.54, 1.807) is 18.2 Å². The zero-order chi connectivity index (χ0) is 14.1. The number of rotatable bonds is 2. The van der Waals surface area contributed by atoms with Crippen molar-refractivity contribution in [3.8, 4) is 0 Å². The summed E-state index contributed by atoms with van der Waals surface area (Å²) in [6.07, 6.45) is 8.29. The molecule has 1 aromatic carbocycles. The second kappa shape index (κ2) is 5.97. The summed E-state index contributed by atoms with van der Waals surface area (Å²) < 4.78 is 14.5. The van der Waals surface area contributed by atoms with Crippen LogP contribution < -0.4 is 0 Å². The van der Waals surface area contributed by atoms with E-state index in [9.17, 15) is 9.18 Å². The average Bonchev–Trinajstić information content (AvgIpc) is 2.49. The molecule has 3 rings (SSSR count). The van der Waals surface area contributed by atoms with Crippen molar-refractivity contribution in [2.75, 3.05) is 0 Å². The number of Topliss-reactive ketones (excluding diaryl/α,β-unsaturated/α-hetero) is 1. The summed E-state index contributed by atoms with van der Waals surface area (Å²) in [5.74, 6) is 1.15. The molecule has 20 heavy (non-hydrogen) atoms. The molecule has 2 fully saturated rings. The second-order valence-electron chi connectivity index (χ2n) is 6.28. The van der Waals surface area contributed by atoms with Crippen LogP contribution in [0.5, 0.6) is 0 Å². The Bertz CT molecular complexity index is 514. The van der Waals surface area contributed by atoms with Crippen LogP contribution in [0, 0.1) is 23.6 Å². The van der Waals surface area contributed by atoms with Crippen LogP contribution in [-0.2, 0) is 0 Å². The van der Waals surface area contributed by atoms with Gasteiger partial charge in [-0.3, -0.25) is 4.79 Å². The van der Waals surface area contributed by atoms with Gasteiger partial charge in [-0.25, -0.2) is 4.39 Å². The minimum absolute atomic E-state index is 0.00724. The number of fused-ring (bicyclic) bond motifs is 1. The van der Waals surface area contributed by atoms with E-state index in [2.05, 4.69) is 15.9 Å². The van der Waals surface area contributed by atoms with E-state index >= 15 is 0 Å². The Morgan fingerprint density at radius 2 is 1.85 bits per heavy atom. The number of benzene rings is 1. The van der Waals surface area contributed by atoms with Gasteiger partial charge in [0.1, 0.15) is 5.82 Å². The molecule has 0 bridgehead atoms. The van der Waals surface area contributed by atoms with Crippen molar-refractivity contribution in [2.24, 2.45) is 17.8 Å². The normalized spacial score (nSPS) is 29.8. The Hall–Kier alpha value is -0.700. The summed E-state index contributed by atoms with van der Waals surface area (Å²) in [5, 5.41) is 0. The minimum atomic E-state index is -0.400. The molecule has 0 radical (unpaired) electrons. The molecule has 0 amide bonds. The van der Waals surface area contributed by atoms with Crippen molar-refractivity contribution in [1.82, 2.24) is 0 Å². The van der Waals surface area contributed by atoms with Crippen LogP contribution in [-0.4, -0.2) is 5.78 Å². The SMILES string of the molecule is O=C(c1cccc(Br)c1F)C1CCC2CCCCC2C1. The molecule has 3 atom stereocenters. The van der Waals surface area contributed by atoms with E-state index in [1.165, 1.54) is 25.7 Å². The quantitative estimate of drug-likeness (QED) is 0.662. The number of ketones is 1.